The third-order valence-corrected chi connectivity index (χ3v) is 3.49. The van der Waals surface area contributed by atoms with Crippen molar-refractivity contribution in [1.29, 1.82) is 0 Å². The Kier molecular flexibility index (Phi) is 4.98. The third-order valence-electron chi connectivity index (χ3n) is 3.49. The van der Waals surface area contributed by atoms with E-state index < -0.39 is 5.97 Å². The Hall–Kier alpha value is -1.35. The topological polar surface area (TPSA) is 52.3 Å². The minimum absolute atomic E-state index is 0.124. The van der Waals surface area contributed by atoms with Gasteiger partial charge in [0.2, 0.25) is 0 Å². The normalized spacial score (nSPS) is 13.9. The second kappa shape index (κ2) is 5.96. The van der Waals surface area contributed by atoms with Crippen molar-refractivity contribution in [2.45, 2.75) is 53.9 Å². The molecule has 0 aliphatic rings. The van der Waals surface area contributed by atoms with Crippen LogP contribution in [-0.4, -0.2) is 5.97 Å². The van der Waals surface area contributed by atoms with Crippen molar-refractivity contribution < 1.29 is 9.63 Å². The Morgan fingerprint density at radius 3 is 2.25 bits per heavy atom. The molecule has 0 aromatic heterocycles. The van der Waals surface area contributed by atoms with Crippen LogP contribution in [0.4, 0.5) is 0 Å². The van der Waals surface area contributed by atoms with E-state index in [1.807, 2.05) is 12.1 Å². The highest BCUT2D eigenvalue weighted by molar-refractivity contribution is 5.89. The smallest absolute Gasteiger partial charge is 0.356 e. The second-order valence-corrected chi connectivity index (χ2v) is 7.71. The summed E-state index contributed by atoms with van der Waals surface area (Å²) in [6.45, 7) is 13.4. The van der Waals surface area contributed by atoms with Crippen molar-refractivity contribution in [3.8, 4) is 0 Å². The first-order valence-electron chi connectivity index (χ1n) is 7.05. The fourth-order valence-corrected chi connectivity index (χ4v) is 2.49. The summed E-state index contributed by atoms with van der Waals surface area (Å²) >= 11 is 0. The summed E-state index contributed by atoms with van der Waals surface area (Å²) in [4.78, 5) is 15.9. The number of carbonyl (C=O) groups is 1. The highest BCUT2D eigenvalue weighted by Gasteiger charge is 2.30. The summed E-state index contributed by atoms with van der Waals surface area (Å²) < 4.78 is 0. The molecule has 2 N–H and O–H groups in total. The molecule has 1 rings (SSSR count). The van der Waals surface area contributed by atoms with Crippen LogP contribution in [0.3, 0.4) is 0 Å². The van der Waals surface area contributed by atoms with Crippen LogP contribution in [-0.2, 0) is 4.84 Å². The van der Waals surface area contributed by atoms with Gasteiger partial charge in [-0.15, -0.1) is 0 Å². The molecule has 0 bridgehead atoms. The summed E-state index contributed by atoms with van der Waals surface area (Å²) in [7, 11) is 0. The van der Waals surface area contributed by atoms with E-state index in [1.165, 1.54) is 0 Å². The van der Waals surface area contributed by atoms with Gasteiger partial charge in [-0.05, 0) is 40.9 Å². The predicted molar refractivity (Wildman–Crippen MR) is 82.3 cm³/mol. The molecule has 0 radical (unpaired) electrons. The number of nitrogens with two attached hydrogens (primary N) is 1. The first-order valence-corrected chi connectivity index (χ1v) is 7.05. The highest BCUT2D eigenvalue weighted by atomic mass is 16.7. The molecule has 0 heterocycles. The first kappa shape index (κ1) is 16.7. The molecule has 1 aromatic rings. The van der Waals surface area contributed by atoms with Crippen LogP contribution in [0.2, 0.25) is 0 Å². The number of carbonyl (C=O) groups excluding carboxylic acids is 1. The summed E-state index contributed by atoms with van der Waals surface area (Å²) in [6, 6.07) is 7.60. The predicted octanol–water partition coefficient (Wildman–Crippen LogP) is 4.28. The van der Waals surface area contributed by atoms with Crippen LogP contribution < -0.4 is 5.90 Å². The van der Waals surface area contributed by atoms with E-state index in [-0.39, 0.29) is 10.8 Å². The number of rotatable bonds is 3. The van der Waals surface area contributed by atoms with Crippen LogP contribution in [0.1, 0.15) is 69.8 Å². The van der Waals surface area contributed by atoms with E-state index in [0.29, 0.717) is 11.5 Å². The third kappa shape index (κ3) is 4.64. The molecule has 3 nitrogen and oxygen atoms in total. The van der Waals surface area contributed by atoms with Gasteiger partial charge in [-0.25, -0.2) is 4.79 Å². The Bertz CT molecular complexity index is 467. The van der Waals surface area contributed by atoms with Crippen molar-refractivity contribution in [2.24, 2.45) is 16.7 Å². The van der Waals surface area contributed by atoms with Gasteiger partial charge in [-0.1, -0.05) is 53.7 Å². The molecule has 0 saturated heterocycles. The standard InChI is InChI=1S/C17H27NO2/c1-16(2,3)11-14(17(4,5)6)12-8-7-9-13(10-12)15(19)20-18/h7-10,14H,11,18H2,1-6H3. The molecule has 0 aliphatic carbocycles. The zero-order valence-corrected chi connectivity index (χ0v) is 13.5. The summed E-state index contributed by atoms with van der Waals surface area (Å²) in [6.07, 6.45) is 1.05. The van der Waals surface area contributed by atoms with Crippen LogP contribution >= 0.6 is 0 Å². The number of hydrogen-bond donors (Lipinski definition) is 1. The molecular formula is C17H27NO2. The Labute approximate surface area is 122 Å². The first-order chi connectivity index (χ1) is 9.04. The summed E-state index contributed by atoms with van der Waals surface area (Å²) in [5, 5.41) is 0. The fraction of sp³-hybridized carbons (Fsp3) is 0.588. The minimum Gasteiger partial charge on any atom is -0.370 e. The van der Waals surface area contributed by atoms with Gasteiger partial charge in [0.15, 0.2) is 0 Å². The minimum atomic E-state index is -0.490. The Balaban J connectivity index is 3.18. The molecule has 1 aromatic carbocycles. The van der Waals surface area contributed by atoms with Gasteiger partial charge in [0.25, 0.3) is 0 Å². The molecule has 0 spiro atoms. The van der Waals surface area contributed by atoms with Gasteiger partial charge in [0, 0.05) is 0 Å². The van der Waals surface area contributed by atoms with E-state index in [1.54, 1.807) is 6.07 Å². The Morgan fingerprint density at radius 2 is 1.80 bits per heavy atom. The van der Waals surface area contributed by atoms with Crippen LogP contribution in [0.25, 0.3) is 0 Å². The van der Waals surface area contributed by atoms with Gasteiger partial charge in [-0.2, -0.15) is 5.90 Å². The Morgan fingerprint density at radius 1 is 1.20 bits per heavy atom. The molecule has 112 valence electrons. The van der Waals surface area contributed by atoms with Crippen molar-refractivity contribution in [3.05, 3.63) is 35.4 Å². The highest BCUT2D eigenvalue weighted by Crippen LogP contribution is 2.43. The SMILES string of the molecule is CC(C)(C)CC(c1cccc(C(=O)ON)c1)C(C)(C)C. The molecule has 1 atom stereocenters. The van der Waals surface area contributed by atoms with E-state index in [2.05, 4.69) is 52.4 Å². The lowest BCUT2D eigenvalue weighted by Gasteiger charge is -2.36. The lowest BCUT2D eigenvalue weighted by molar-refractivity contribution is 0.0503. The number of benzene rings is 1. The molecule has 0 saturated carbocycles. The monoisotopic (exact) mass is 277 g/mol. The van der Waals surface area contributed by atoms with Gasteiger partial charge in [0.1, 0.15) is 0 Å². The van der Waals surface area contributed by atoms with Crippen molar-refractivity contribution in [2.75, 3.05) is 0 Å². The fourth-order valence-electron chi connectivity index (χ4n) is 2.49. The van der Waals surface area contributed by atoms with E-state index >= 15 is 0 Å². The van der Waals surface area contributed by atoms with Crippen molar-refractivity contribution >= 4 is 5.97 Å². The summed E-state index contributed by atoms with van der Waals surface area (Å²) in [5.41, 5.74) is 2.02. The summed E-state index contributed by atoms with van der Waals surface area (Å²) in [5.74, 6) is 4.85. The van der Waals surface area contributed by atoms with Crippen LogP contribution in [0.15, 0.2) is 24.3 Å². The lowest BCUT2D eigenvalue weighted by atomic mass is 9.69. The van der Waals surface area contributed by atoms with E-state index in [4.69, 9.17) is 5.90 Å². The maximum absolute atomic E-state index is 11.6. The molecule has 3 heteroatoms. The number of hydrogen-bond acceptors (Lipinski definition) is 3. The quantitative estimate of drug-likeness (QED) is 0.839. The largest absolute Gasteiger partial charge is 0.370 e. The van der Waals surface area contributed by atoms with Gasteiger partial charge < -0.3 is 4.84 Å². The molecule has 0 amide bonds. The average molecular weight is 277 g/mol. The van der Waals surface area contributed by atoms with Gasteiger partial charge in [0.05, 0.1) is 5.56 Å². The zero-order chi connectivity index (χ0) is 15.6. The van der Waals surface area contributed by atoms with Crippen LogP contribution in [0.5, 0.6) is 0 Å². The maximum atomic E-state index is 11.6. The molecule has 0 fully saturated rings. The van der Waals surface area contributed by atoms with E-state index in [0.717, 1.165) is 12.0 Å². The molecule has 20 heavy (non-hydrogen) atoms. The lowest BCUT2D eigenvalue weighted by Crippen LogP contribution is -2.24. The van der Waals surface area contributed by atoms with Crippen LogP contribution in [0, 0.1) is 10.8 Å². The molecule has 1 unspecified atom stereocenters. The van der Waals surface area contributed by atoms with Crippen molar-refractivity contribution in [3.63, 3.8) is 0 Å². The second-order valence-electron chi connectivity index (χ2n) is 7.71. The van der Waals surface area contributed by atoms with Gasteiger partial charge >= 0.3 is 5.97 Å². The molecular weight excluding hydrogens is 250 g/mol. The van der Waals surface area contributed by atoms with Gasteiger partial charge in [-0.3, -0.25) is 0 Å². The zero-order valence-electron chi connectivity index (χ0n) is 13.5. The van der Waals surface area contributed by atoms with Crippen molar-refractivity contribution in [1.82, 2.24) is 0 Å². The van der Waals surface area contributed by atoms with E-state index in [9.17, 15) is 4.79 Å². The maximum Gasteiger partial charge on any atom is 0.356 e. The molecule has 0 aliphatic heterocycles. The average Bonchev–Trinajstić information content (AvgIpc) is 2.33.